The SMILES string of the molecule is COc1c(N)ncnc1N(CC(N)=O)CC(C)C. The van der Waals surface area contributed by atoms with Crippen molar-refractivity contribution in [3.05, 3.63) is 6.33 Å². The first kappa shape index (κ1) is 14.0. The smallest absolute Gasteiger partial charge is 0.237 e. The van der Waals surface area contributed by atoms with Gasteiger partial charge in [0.15, 0.2) is 11.6 Å². The maximum atomic E-state index is 11.1. The molecule has 0 saturated heterocycles. The van der Waals surface area contributed by atoms with E-state index in [1.165, 1.54) is 13.4 Å². The van der Waals surface area contributed by atoms with E-state index >= 15 is 0 Å². The van der Waals surface area contributed by atoms with Crippen LogP contribution in [0, 0.1) is 5.92 Å². The summed E-state index contributed by atoms with van der Waals surface area (Å²) >= 11 is 0. The molecule has 0 radical (unpaired) electrons. The van der Waals surface area contributed by atoms with Gasteiger partial charge in [0.25, 0.3) is 0 Å². The van der Waals surface area contributed by atoms with E-state index in [0.717, 1.165) is 0 Å². The third kappa shape index (κ3) is 3.47. The highest BCUT2D eigenvalue weighted by molar-refractivity contribution is 5.80. The maximum absolute atomic E-state index is 11.1. The molecule has 0 aliphatic carbocycles. The van der Waals surface area contributed by atoms with Crippen LogP contribution in [-0.2, 0) is 4.79 Å². The Hall–Kier alpha value is -2.05. The molecule has 100 valence electrons. The molecule has 1 aromatic heterocycles. The third-order valence-electron chi connectivity index (χ3n) is 2.25. The minimum absolute atomic E-state index is 0.0605. The van der Waals surface area contributed by atoms with E-state index in [1.807, 2.05) is 13.8 Å². The molecule has 0 spiro atoms. The van der Waals surface area contributed by atoms with Gasteiger partial charge in [-0.3, -0.25) is 4.79 Å². The van der Waals surface area contributed by atoms with Crippen molar-refractivity contribution < 1.29 is 9.53 Å². The summed E-state index contributed by atoms with van der Waals surface area (Å²) in [4.78, 5) is 20.8. The van der Waals surface area contributed by atoms with Gasteiger partial charge in [-0.2, -0.15) is 0 Å². The van der Waals surface area contributed by atoms with Crippen LogP contribution in [-0.4, -0.2) is 36.1 Å². The largest absolute Gasteiger partial charge is 0.490 e. The second kappa shape index (κ2) is 6.04. The fourth-order valence-electron chi connectivity index (χ4n) is 1.65. The molecule has 4 N–H and O–H groups in total. The Labute approximate surface area is 106 Å². The number of amides is 1. The van der Waals surface area contributed by atoms with E-state index in [9.17, 15) is 4.79 Å². The molecule has 7 nitrogen and oxygen atoms in total. The molecule has 7 heteroatoms. The number of aromatic nitrogens is 2. The van der Waals surface area contributed by atoms with Crippen LogP contribution in [0.15, 0.2) is 6.33 Å². The highest BCUT2D eigenvalue weighted by Gasteiger charge is 2.19. The molecule has 1 rings (SSSR count). The Kier molecular flexibility index (Phi) is 4.70. The molecule has 0 aliphatic rings. The lowest BCUT2D eigenvalue weighted by atomic mass is 10.2. The summed E-state index contributed by atoms with van der Waals surface area (Å²) < 4.78 is 5.18. The van der Waals surface area contributed by atoms with Gasteiger partial charge < -0.3 is 21.1 Å². The molecule has 18 heavy (non-hydrogen) atoms. The van der Waals surface area contributed by atoms with Gasteiger partial charge in [-0.15, -0.1) is 0 Å². The normalized spacial score (nSPS) is 10.4. The quantitative estimate of drug-likeness (QED) is 0.739. The minimum Gasteiger partial charge on any atom is -0.490 e. The van der Waals surface area contributed by atoms with Gasteiger partial charge in [-0.25, -0.2) is 9.97 Å². The lowest BCUT2D eigenvalue weighted by Crippen LogP contribution is -2.37. The van der Waals surface area contributed by atoms with Crippen LogP contribution < -0.4 is 21.1 Å². The highest BCUT2D eigenvalue weighted by Crippen LogP contribution is 2.29. The Bertz CT molecular complexity index is 422. The molecular formula is C11H19N5O2. The number of carbonyl (C=O) groups is 1. The summed E-state index contributed by atoms with van der Waals surface area (Å²) in [6.45, 7) is 4.75. The number of methoxy groups -OCH3 is 1. The van der Waals surface area contributed by atoms with Crippen molar-refractivity contribution in [1.29, 1.82) is 0 Å². The zero-order valence-corrected chi connectivity index (χ0v) is 10.9. The topological polar surface area (TPSA) is 107 Å². The minimum atomic E-state index is -0.435. The summed E-state index contributed by atoms with van der Waals surface area (Å²) in [5.74, 6) is 0.984. The van der Waals surface area contributed by atoms with Crippen LogP contribution in [0.25, 0.3) is 0 Å². The summed E-state index contributed by atoms with van der Waals surface area (Å²) in [5, 5.41) is 0. The van der Waals surface area contributed by atoms with Gasteiger partial charge in [-0.05, 0) is 5.92 Å². The Morgan fingerprint density at radius 2 is 2.17 bits per heavy atom. The van der Waals surface area contributed by atoms with Crippen molar-refractivity contribution in [3.8, 4) is 5.75 Å². The number of nitrogens with zero attached hydrogens (tertiary/aromatic N) is 3. The second-order valence-corrected chi connectivity index (χ2v) is 4.36. The van der Waals surface area contributed by atoms with E-state index in [1.54, 1.807) is 4.90 Å². The maximum Gasteiger partial charge on any atom is 0.237 e. The standard InChI is InChI=1S/C11H19N5O2/c1-7(2)4-16(5-8(12)17)11-9(18-3)10(13)14-6-15-11/h6-7H,4-5H2,1-3H3,(H2,12,17)(H2,13,14,15). The van der Waals surface area contributed by atoms with Crippen molar-refractivity contribution in [2.45, 2.75) is 13.8 Å². The number of carbonyl (C=O) groups excluding carboxylic acids is 1. The van der Waals surface area contributed by atoms with Crippen LogP contribution in [0.2, 0.25) is 0 Å². The molecule has 1 aromatic rings. The molecular weight excluding hydrogens is 234 g/mol. The van der Waals surface area contributed by atoms with E-state index < -0.39 is 5.91 Å². The van der Waals surface area contributed by atoms with Gasteiger partial charge in [0, 0.05) is 6.54 Å². The van der Waals surface area contributed by atoms with Gasteiger partial charge in [0.1, 0.15) is 6.33 Å². The molecule has 1 heterocycles. The Balaban J connectivity index is 3.11. The molecule has 0 bridgehead atoms. The summed E-state index contributed by atoms with van der Waals surface area (Å²) in [7, 11) is 1.48. The molecule has 0 aromatic carbocycles. The van der Waals surface area contributed by atoms with E-state index in [-0.39, 0.29) is 12.4 Å². The average Bonchev–Trinajstić information content (AvgIpc) is 2.26. The number of anilines is 2. The van der Waals surface area contributed by atoms with Crippen molar-refractivity contribution in [2.24, 2.45) is 11.7 Å². The van der Waals surface area contributed by atoms with E-state index in [0.29, 0.717) is 24.0 Å². The van der Waals surface area contributed by atoms with E-state index in [4.69, 9.17) is 16.2 Å². The second-order valence-electron chi connectivity index (χ2n) is 4.36. The summed E-state index contributed by atoms with van der Waals surface area (Å²) in [6, 6.07) is 0. The third-order valence-corrected chi connectivity index (χ3v) is 2.25. The van der Waals surface area contributed by atoms with Crippen LogP contribution in [0.4, 0.5) is 11.6 Å². The number of rotatable bonds is 6. The van der Waals surface area contributed by atoms with Gasteiger partial charge in [0.2, 0.25) is 11.7 Å². The lowest BCUT2D eigenvalue weighted by Gasteiger charge is -2.25. The van der Waals surface area contributed by atoms with Crippen LogP contribution >= 0.6 is 0 Å². The van der Waals surface area contributed by atoms with Crippen LogP contribution in [0.1, 0.15) is 13.8 Å². The summed E-state index contributed by atoms with van der Waals surface area (Å²) in [6.07, 6.45) is 1.33. The van der Waals surface area contributed by atoms with Crippen molar-refractivity contribution in [2.75, 3.05) is 30.8 Å². The molecule has 0 atom stereocenters. The zero-order chi connectivity index (χ0) is 13.7. The van der Waals surface area contributed by atoms with Gasteiger partial charge in [0.05, 0.1) is 13.7 Å². The fraction of sp³-hybridized carbons (Fsp3) is 0.545. The predicted molar refractivity (Wildman–Crippen MR) is 69.2 cm³/mol. The Morgan fingerprint density at radius 1 is 1.50 bits per heavy atom. The Morgan fingerprint density at radius 3 is 2.67 bits per heavy atom. The molecule has 0 fully saturated rings. The number of ether oxygens (including phenoxy) is 1. The highest BCUT2D eigenvalue weighted by atomic mass is 16.5. The fourth-order valence-corrected chi connectivity index (χ4v) is 1.65. The first-order chi connectivity index (χ1) is 8.45. The van der Waals surface area contributed by atoms with Crippen LogP contribution in [0.5, 0.6) is 5.75 Å². The predicted octanol–water partition coefficient (Wildman–Crippen LogP) is 0.0151. The molecule has 0 aliphatic heterocycles. The monoisotopic (exact) mass is 253 g/mol. The number of nitrogens with two attached hydrogens (primary N) is 2. The molecule has 0 unspecified atom stereocenters. The number of hydrogen-bond donors (Lipinski definition) is 2. The first-order valence-electron chi connectivity index (χ1n) is 5.63. The van der Waals surface area contributed by atoms with Crippen LogP contribution in [0.3, 0.4) is 0 Å². The average molecular weight is 253 g/mol. The van der Waals surface area contributed by atoms with Crippen molar-refractivity contribution >= 4 is 17.5 Å². The number of nitrogen functional groups attached to an aromatic ring is 1. The molecule has 0 saturated carbocycles. The molecule has 1 amide bonds. The number of hydrogen-bond acceptors (Lipinski definition) is 6. The van der Waals surface area contributed by atoms with Crippen molar-refractivity contribution in [3.63, 3.8) is 0 Å². The first-order valence-corrected chi connectivity index (χ1v) is 5.63. The van der Waals surface area contributed by atoms with Gasteiger partial charge >= 0.3 is 0 Å². The lowest BCUT2D eigenvalue weighted by molar-refractivity contribution is -0.116. The van der Waals surface area contributed by atoms with E-state index in [2.05, 4.69) is 9.97 Å². The van der Waals surface area contributed by atoms with Crippen molar-refractivity contribution in [1.82, 2.24) is 9.97 Å². The summed E-state index contributed by atoms with van der Waals surface area (Å²) in [5.41, 5.74) is 11.0. The number of primary amides is 1. The van der Waals surface area contributed by atoms with Gasteiger partial charge in [-0.1, -0.05) is 13.8 Å². The zero-order valence-electron chi connectivity index (χ0n) is 10.9.